The minimum Gasteiger partial charge on any atom is -0.508 e. The SMILES string of the molecule is COc1cc(C2=C(OC3O[C@H](COC(=O)/C=C/c4ccc(O)cc4)[C@@H](O)[C@H](O)[C@H]3O)C=C3C(O)=CC(O)=CC3O2)cc(O)c1O. The number of rotatable bonds is 8. The molecule has 5 rings (SSSR count). The Labute approximate surface area is 255 Å². The fraction of sp³-hybridized carbons (Fsp3) is 0.258. The van der Waals surface area contributed by atoms with E-state index in [1.165, 1.54) is 43.5 Å². The van der Waals surface area contributed by atoms with Crippen molar-refractivity contribution in [2.24, 2.45) is 0 Å². The molecule has 0 bridgehead atoms. The smallest absolute Gasteiger partial charge is 0.330 e. The highest BCUT2D eigenvalue weighted by molar-refractivity contribution is 5.87. The van der Waals surface area contributed by atoms with E-state index >= 15 is 0 Å². The minimum absolute atomic E-state index is 0.0541. The van der Waals surface area contributed by atoms with E-state index in [0.29, 0.717) is 5.56 Å². The van der Waals surface area contributed by atoms with E-state index < -0.39 is 60.9 Å². The van der Waals surface area contributed by atoms with Gasteiger partial charge in [0.2, 0.25) is 12.0 Å². The van der Waals surface area contributed by atoms with Crippen LogP contribution in [0.2, 0.25) is 0 Å². The van der Waals surface area contributed by atoms with Crippen molar-refractivity contribution in [2.75, 3.05) is 13.7 Å². The number of methoxy groups -OCH3 is 1. The summed E-state index contributed by atoms with van der Waals surface area (Å²) in [5.41, 5.74) is 0.842. The molecule has 6 atom stereocenters. The maximum absolute atomic E-state index is 12.3. The van der Waals surface area contributed by atoms with Crippen LogP contribution in [-0.2, 0) is 23.7 Å². The van der Waals surface area contributed by atoms with Crippen LogP contribution in [-0.4, -0.2) is 97.3 Å². The van der Waals surface area contributed by atoms with Crippen LogP contribution in [0, 0.1) is 0 Å². The van der Waals surface area contributed by atoms with E-state index in [1.54, 1.807) is 12.1 Å². The molecule has 2 aromatic carbocycles. The van der Waals surface area contributed by atoms with Crippen LogP contribution in [0.3, 0.4) is 0 Å². The summed E-state index contributed by atoms with van der Waals surface area (Å²) < 4.78 is 27.8. The van der Waals surface area contributed by atoms with Gasteiger partial charge in [0, 0.05) is 29.4 Å². The Balaban J connectivity index is 1.40. The lowest BCUT2D eigenvalue weighted by atomic mass is 9.96. The summed E-state index contributed by atoms with van der Waals surface area (Å²) in [4.78, 5) is 12.3. The molecule has 14 nitrogen and oxygen atoms in total. The summed E-state index contributed by atoms with van der Waals surface area (Å²) in [6, 6.07) is 8.44. The zero-order valence-electron chi connectivity index (χ0n) is 23.5. The Morgan fingerprint density at radius 2 is 1.69 bits per heavy atom. The van der Waals surface area contributed by atoms with Crippen LogP contribution in [0.1, 0.15) is 11.1 Å². The molecule has 238 valence electrons. The van der Waals surface area contributed by atoms with Crippen molar-refractivity contribution in [3.63, 3.8) is 0 Å². The molecule has 0 radical (unpaired) electrons. The number of phenolic OH excluding ortho intramolecular Hbond substituents is 3. The second-order valence-electron chi connectivity index (χ2n) is 10.2. The van der Waals surface area contributed by atoms with Gasteiger partial charge in [-0.25, -0.2) is 4.79 Å². The molecule has 2 heterocycles. The number of aliphatic hydroxyl groups excluding tert-OH is 5. The molecule has 2 aliphatic heterocycles. The molecule has 0 amide bonds. The fourth-order valence-electron chi connectivity index (χ4n) is 4.72. The van der Waals surface area contributed by atoms with Gasteiger partial charge in [-0.15, -0.1) is 0 Å². The maximum Gasteiger partial charge on any atom is 0.330 e. The minimum atomic E-state index is -1.83. The monoisotopic (exact) mass is 626 g/mol. The third-order valence-electron chi connectivity index (χ3n) is 7.11. The zero-order valence-corrected chi connectivity index (χ0v) is 23.5. The fourth-order valence-corrected chi connectivity index (χ4v) is 4.72. The van der Waals surface area contributed by atoms with Crippen molar-refractivity contribution in [2.45, 2.75) is 36.8 Å². The van der Waals surface area contributed by atoms with E-state index in [2.05, 4.69) is 0 Å². The standard InChI is InChI=1S/C31H30O14/c1-41-22-9-15(8-20(35)26(22)37)30-23(12-18-19(34)10-17(33)11-21(18)43-30)44-31-29(40)28(39)27(38)24(45-31)13-42-25(36)7-4-14-2-5-16(32)6-3-14/h2-12,21,24,27-29,31-35,37-40H,13H2,1H3/b7-4+/t21?,24-,27-,28+,29-,31?/m1/s1. The van der Waals surface area contributed by atoms with Gasteiger partial charge in [0.15, 0.2) is 23.0 Å². The van der Waals surface area contributed by atoms with Gasteiger partial charge < -0.3 is 64.5 Å². The van der Waals surface area contributed by atoms with E-state index in [-0.39, 0.29) is 45.7 Å². The molecule has 0 aromatic heterocycles. The summed E-state index contributed by atoms with van der Waals surface area (Å²) in [7, 11) is 1.25. The first-order valence-corrected chi connectivity index (χ1v) is 13.5. The van der Waals surface area contributed by atoms with Crippen molar-refractivity contribution < 1.29 is 69.3 Å². The van der Waals surface area contributed by atoms with Crippen molar-refractivity contribution in [3.05, 3.63) is 94.7 Å². The van der Waals surface area contributed by atoms with Gasteiger partial charge in [-0.1, -0.05) is 12.1 Å². The van der Waals surface area contributed by atoms with Crippen molar-refractivity contribution in [1.82, 2.24) is 0 Å². The number of ether oxygens (including phenoxy) is 5. The Morgan fingerprint density at radius 3 is 2.40 bits per heavy atom. The van der Waals surface area contributed by atoms with Crippen LogP contribution in [0.15, 0.2) is 83.6 Å². The molecule has 8 N–H and O–H groups in total. The third kappa shape index (κ3) is 6.68. The van der Waals surface area contributed by atoms with Crippen LogP contribution >= 0.6 is 0 Å². The second kappa shape index (κ2) is 12.8. The molecule has 2 unspecified atom stereocenters. The molecule has 2 aromatic rings. The molecule has 0 saturated carbocycles. The van der Waals surface area contributed by atoms with Crippen molar-refractivity contribution >= 4 is 17.8 Å². The number of allylic oxidation sites excluding steroid dienone is 2. The van der Waals surface area contributed by atoms with Crippen LogP contribution in [0.5, 0.6) is 23.0 Å². The molecular formula is C31H30O14. The van der Waals surface area contributed by atoms with E-state index in [9.17, 15) is 45.6 Å². The van der Waals surface area contributed by atoms with Gasteiger partial charge in [-0.2, -0.15) is 0 Å². The van der Waals surface area contributed by atoms with Crippen molar-refractivity contribution in [3.8, 4) is 23.0 Å². The number of esters is 1. The third-order valence-corrected chi connectivity index (χ3v) is 7.11. The zero-order chi connectivity index (χ0) is 32.4. The molecule has 0 spiro atoms. The van der Waals surface area contributed by atoms with Crippen molar-refractivity contribution in [1.29, 1.82) is 0 Å². The lowest BCUT2D eigenvalue weighted by Gasteiger charge is -2.40. The Bertz CT molecular complexity index is 1600. The highest BCUT2D eigenvalue weighted by atomic mass is 16.7. The summed E-state index contributed by atoms with van der Waals surface area (Å²) >= 11 is 0. The number of benzene rings is 2. The van der Waals surface area contributed by atoms with E-state index in [0.717, 1.165) is 18.2 Å². The van der Waals surface area contributed by atoms with Gasteiger partial charge in [-0.05, 0) is 42.0 Å². The van der Waals surface area contributed by atoms with E-state index in [4.69, 9.17) is 23.7 Å². The number of carbonyl (C=O) groups is 1. The van der Waals surface area contributed by atoms with Crippen LogP contribution in [0.4, 0.5) is 0 Å². The average molecular weight is 627 g/mol. The molecule has 3 aliphatic rings. The Hall–Kier alpha value is -5.15. The number of aliphatic hydroxyl groups is 5. The highest BCUT2D eigenvalue weighted by Crippen LogP contribution is 2.43. The number of aromatic hydroxyl groups is 3. The average Bonchev–Trinajstić information content (AvgIpc) is 3.01. The van der Waals surface area contributed by atoms with Gasteiger partial charge in [0.1, 0.15) is 54.4 Å². The number of hydrogen-bond acceptors (Lipinski definition) is 14. The first kappa shape index (κ1) is 31.3. The quantitative estimate of drug-likeness (QED) is 0.119. The summed E-state index contributed by atoms with van der Waals surface area (Å²) in [6.07, 6.45) is -3.20. The Kier molecular flexibility index (Phi) is 8.92. The number of fused-ring (bicyclic) bond motifs is 1. The second-order valence-corrected chi connectivity index (χ2v) is 10.2. The normalized spacial score (nSPS) is 26.3. The van der Waals surface area contributed by atoms with Gasteiger partial charge >= 0.3 is 5.97 Å². The number of phenols is 3. The van der Waals surface area contributed by atoms with E-state index in [1.807, 2.05) is 0 Å². The highest BCUT2D eigenvalue weighted by Gasteiger charge is 2.46. The molecule has 14 heteroatoms. The topological polar surface area (TPSA) is 225 Å². The Morgan fingerprint density at radius 1 is 0.956 bits per heavy atom. The molecule has 1 fully saturated rings. The van der Waals surface area contributed by atoms with Gasteiger partial charge in [-0.3, -0.25) is 0 Å². The largest absolute Gasteiger partial charge is 0.508 e. The maximum atomic E-state index is 12.3. The van der Waals surface area contributed by atoms with Gasteiger partial charge in [0.05, 0.1) is 7.11 Å². The van der Waals surface area contributed by atoms with Crippen LogP contribution < -0.4 is 4.74 Å². The summed E-state index contributed by atoms with van der Waals surface area (Å²) in [5, 5.41) is 82.0. The predicted molar refractivity (Wildman–Crippen MR) is 153 cm³/mol. The van der Waals surface area contributed by atoms with Gasteiger partial charge in [0.25, 0.3) is 0 Å². The predicted octanol–water partition coefficient (Wildman–Crippen LogP) is 1.78. The summed E-state index contributed by atoms with van der Waals surface area (Å²) in [5.74, 6) is -2.97. The lowest BCUT2D eigenvalue weighted by molar-refractivity contribution is -0.291. The van der Waals surface area contributed by atoms with Crippen LogP contribution in [0.25, 0.3) is 11.8 Å². The molecular weight excluding hydrogens is 596 g/mol. The first-order valence-electron chi connectivity index (χ1n) is 13.5. The first-order chi connectivity index (χ1) is 21.4. The number of carbonyl (C=O) groups excluding carboxylic acids is 1. The number of hydrogen-bond donors (Lipinski definition) is 8. The molecule has 1 saturated heterocycles. The lowest BCUT2D eigenvalue weighted by Crippen LogP contribution is -2.59. The molecule has 1 aliphatic carbocycles. The summed E-state index contributed by atoms with van der Waals surface area (Å²) in [6.45, 7) is -0.550. The molecule has 45 heavy (non-hydrogen) atoms.